The first-order valence-electron chi connectivity index (χ1n) is 5.03. The van der Waals surface area contributed by atoms with E-state index >= 15 is 0 Å². The summed E-state index contributed by atoms with van der Waals surface area (Å²) < 4.78 is 7.62. The maximum Gasteiger partial charge on any atom is 0.199 e. The van der Waals surface area contributed by atoms with Crippen molar-refractivity contribution in [2.75, 3.05) is 0 Å². The van der Waals surface area contributed by atoms with E-state index in [-0.39, 0.29) is 0 Å². The molecule has 7 heteroatoms. The number of hydrogen-bond acceptors (Lipinski definition) is 4. The van der Waals surface area contributed by atoms with Crippen LogP contribution in [0.1, 0.15) is 0 Å². The second-order valence-electron chi connectivity index (χ2n) is 3.43. The lowest BCUT2D eigenvalue weighted by Crippen LogP contribution is -2.00. The first-order valence-corrected chi connectivity index (χ1v) is 6.20. The van der Waals surface area contributed by atoms with E-state index in [0.717, 1.165) is 0 Å². The first-order chi connectivity index (χ1) is 8.72. The van der Waals surface area contributed by atoms with Gasteiger partial charge >= 0.3 is 0 Å². The SMILES string of the molecule is Clc1cc(-n2cccn2)nc(-c2ccc(Br)o2)n1. The van der Waals surface area contributed by atoms with E-state index in [0.29, 0.717) is 27.2 Å². The third-order valence-corrected chi connectivity index (χ3v) is 2.83. The van der Waals surface area contributed by atoms with E-state index in [2.05, 4.69) is 31.0 Å². The van der Waals surface area contributed by atoms with E-state index in [1.165, 1.54) is 0 Å². The summed E-state index contributed by atoms with van der Waals surface area (Å²) in [7, 11) is 0. The molecule has 0 radical (unpaired) electrons. The zero-order valence-corrected chi connectivity index (χ0v) is 11.3. The van der Waals surface area contributed by atoms with Crippen molar-refractivity contribution in [1.29, 1.82) is 0 Å². The summed E-state index contributed by atoms with van der Waals surface area (Å²) in [6, 6.07) is 6.98. The van der Waals surface area contributed by atoms with E-state index in [1.54, 1.807) is 41.3 Å². The monoisotopic (exact) mass is 324 g/mol. The Morgan fingerprint density at radius 3 is 2.83 bits per heavy atom. The van der Waals surface area contributed by atoms with Crippen LogP contribution in [0.5, 0.6) is 0 Å². The van der Waals surface area contributed by atoms with Gasteiger partial charge in [-0.15, -0.1) is 0 Å². The second kappa shape index (κ2) is 4.55. The van der Waals surface area contributed by atoms with Crippen LogP contribution in [-0.2, 0) is 0 Å². The van der Waals surface area contributed by atoms with Crippen LogP contribution < -0.4 is 0 Å². The fraction of sp³-hybridized carbons (Fsp3) is 0. The quantitative estimate of drug-likeness (QED) is 0.678. The van der Waals surface area contributed by atoms with Gasteiger partial charge in [-0.2, -0.15) is 5.10 Å². The van der Waals surface area contributed by atoms with E-state index in [1.807, 2.05) is 0 Å². The van der Waals surface area contributed by atoms with Gasteiger partial charge in [0.1, 0.15) is 5.15 Å². The van der Waals surface area contributed by atoms with Crippen molar-refractivity contribution in [3.05, 3.63) is 46.5 Å². The first kappa shape index (κ1) is 11.4. The van der Waals surface area contributed by atoms with E-state index < -0.39 is 0 Å². The molecule has 90 valence electrons. The predicted octanol–water partition coefficient (Wildman–Crippen LogP) is 3.34. The topological polar surface area (TPSA) is 56.7 Å². The Balaban J connectivity index is 2.11. The minimum Gasteiger partial charge on any atom is -0.446 e. The number of nitrogens with zero attached hydrogens (tertiary/aromatic N) is 4. The molecule has 3 aromatic rings. The molecular formula is C11H6BrClN4O. The molecular weight excluding hydrogens is 320 g/mol. The Morgan fingerprint density at radius 2 is 2.17 bits per heavy atom. The molecule has 0 aliphatic rings. The predicted molar refractivity (Wildman–Crippen MR) is 69.6 cm³/mol. The van der Waals surface area contributed by atoms with Crippen LogP contribution in [0, 0.1) is 0 Å². The molecule has 0 aliphatic heterocycles. The highest BCUT2D eigenvalue weighted by Gasteiger charge is 2.10. The summed E-state index contributed by atoms with van der Waals surface area (Å²) in [6.45, 7) is 0. The summed E-state index contributed by atoms with van der Waals surface area (Å²) in [4.78, 5) is 8.48. The molecule has 0 aromatic carbocycles. The molecule has 5 nitrogen and oxygen atoms in total. The lowest BCUT2D eigenvalue weighted by Gasteiger charge is -2.03. The van der Waals surface area contributed by atoms with Gasteiger partial charge in [-0.1, -0.05) is 11.6 Å². The van der Waals surface area contributed by atoms with Crippen molar-refractivity contribution in [3.63, 3.8) is 0 Å². The fourth-order valence-electron chi connectivity index (χ4n) is 1.47. The minimum atomic E-state index is 0.332. The Labute approximate surface area is 116 Å². The summed E-state index contributed by atoms with van der Waals surface area (Å²) in [5.41, 5.74) is 0. The normalized spacial score (nSPS) is 10.8. The summed E-state index contributed by atoms with van der Waals surface area (Å²) in [5, 5.41) is 4.43. The van der Waals surface area contributed by atoms with Gasteiger partial charge in [0, 0.05) is 18.5 Å². The van der Waals surface area contributed by atoms with E-state index in [9.17, 15) is 0 Å². The van der Waals surface area contributed by atoms with Gasteiger partial charge in [-0.05, 0) is 34.1 Å². The third kappa shape index (κ3) is 2.16. The zero-order valence-electron chi connectivity index (χ0n) is 8.92. The summed E-state index contributed by atoms with van der Waals surface area (Å²) in [5.74, 6) is 1.54. The largest absolute Gasteiger partial charge is 0.446 e. The average Bonchev–Trinajstić information content (AvgIpc) is 2.98. The lowest BCUT2D eigenvalue weighted by atomic mass is 10.4. The molecule has 3 heterocycles. The molecule has 0 amide bonds. The highest BCUT2D eigenvalue weighted by Crippen LogP contribution is 2.24. The number of aromatic nitrogens is 4. The van der Waals surface area contributed by atoms with Gasteiger partial charge in [0.25, 0.3) is 0 Å². The number of halogens is 2. The van der Waals surface area contributed by atoms with Crippen molar-refractivity contribution in [2.24, 2.45) is 0 Å². The molecule has 0 fully saturated rings. The van der Waals surface area contributed by atoms with Crippen LogP contribution in [0.4, 0.5) is 0 Å². The zero-order chi connectivity index (χ0) is 12.5. The van der Waals surface area contributed by atoms with Crippen LogP contribution in [0.25, 0.3) is 17.4 Å². The minimum absolute atomic E-state index is 0.332. The van der Waals surface area contributed by atoms with Crippen molar-refractivity contribution in [2.45, 2.75) is 0 Å². The molecule has 0 N–H and O–H groups in total. The molecule has 0 unspecified atom stereocenters. The summed E-state index contributed by atoms with van der Waals surface area (Å²) >= 11 is 9.21. The van der Waals surface area contributed by atoms with Gasteiger partial charge in [0.15, 0.2) is 22.1 Å². The second-order valence-corrected chi connectivity index (χ2v) is 4.60. The lowest BCUT2D eigenvalue weighted by molar-refractivity contribution is 0.551. The van der Waals surface area contributed by atoms with Crippen LogP contribution >= 0.6 is 27.5 Å². The maximum absolute atomic E-state index is 5.98. The standard InChI is InChI=1S/C11H6BrClN4O/c12-8-3-2-7(18-8)11-15-9(13)6-10(16-11)17-5-1-4-14-17/h1-6H. The highest BCUT2D eigenvalue weighted by atomic mass is 79.9. The maximum atomic E-state index is 5.98. The van der Waals surface area contributed by atoms with Crippen LogP contribution in [0.15, 0.2) is 45.7 Å². The third-order valence-electron chi connectivity index (χ3n) is 2.21. The van der Waals surface area contributed by atoms with Crippen LogP contribution in [0.2, 0.25) is 5.15 Å². The van der Waals surface area contributed by atoms with Gasteiger partial charge in [-0.3, -0.25) is 0 Å². The molecule has 0 saturated heterocycles. The van der Waals surface area contributed by atoms with Gasteiger partial charge in [0.2, 0.25) is 0 Å². The summed E-state index contributed by atoms with van der Waals surface area (Å²) in [6.07, 6.45) is 3.44. The molecule has 3 rings (SSSR count). The fourth-order valence-corrected chi connectivity index (χ4v) is 1.96. The number of hydrogen-bond donors (Lipinski definition) is 0. The molecule has 0 aliphatic carbocycles. The molecule has 0 saturated carbocycles. The highest BCUT2D eigenvalue weighted by molar-refractivity contribution is 9.10. The average molecular weight is 326 g/mol. The Hall–Kier alpha value is -1.66. The van der Waals surface area contributed by atoms with Crippen molar-refractivity contribution in [3.8, 4) is 17.4 Å². The molecule has 0 bridgehead atoms. The van der Waals surface area contributed by atoms with Crippen molar-refractivity contribution < 1.29 is 4.42 Å². The molecule has 3 aromatic heterocycles. The Morgan fingerprint density at radius 1 is 1.28 bits per heavy atom. The smallest absolute Gasteiger partial charge is 0.199 e. The number of rotatable bonds is 2. The molecule has 18 heavy (non-hydrogen) atoms. The van der Waals surface area contributed by atoms with Gasteiger partial charge in [-0.25, -0.2) is 14.6 Å². The van der Waals surface area contributed by atoms with Crippen LogP contribution in [-0.4, -0.2) is 19.7 Å². The van der Waals surface area contributed by atoms with Crippen molar-refractivity contribution >= 4 is 27.5 Å². The van der Waals surface area contributed by atoms with Gasteiger partial charge < -0.3 is 4.42 Å². The molecule has 0 spiro atoms. The Kier molecular flexibility index (Phi) is 2.89. The van der Waals surface area contributed by atoms with Crippen molar-refractivity contribution in [1.82, 2.24) is 19.7 Å². The van der Waals surface area contributed by atoms with Gasteiger partial charge in [0.05, 0.1) is 0 Å². The van der Waals surface area contributed by atoms with Crippen LogP contribution in [0.3, 0.4) is 0 Å². The van der Waals surface area contributed by atoms with E-state index in [4.69, 9.17) is 16.0 Å². The molecule has 0 atom stereocenters. The number of furan rings is 1. The Bertz CT molecular complexity index is 680.